The molecule has 2 saturated heterocycles. The van der Waals surface area contributed by atoms with Crippen molar-refractivity contribution in [2.24, 2.45) is 0 Å². The number of nitrogens with one attached hydrogen (secondary N) is 1. The van der Waals surface area contributed by atoms with E-state index in [0.717, 1.165) is 32.1 Å². The summed E-state index contributed by atoms with van der Waals surface area (Å²) in [6.45, 7) is 6.51. The van der Waals surface area contributed by atoms with E-state index in [4.69, 9.17) is 9.47 Å². The predicted octanol–water partition coefficient (Wildman–Crippen LogP) is 4.23. The molecule has 2 aromatic carbocycles. The first-order valence-corrected chi connectivity index (χ1v) is 16.5. The lowest BCUT2D eigenvalue weighted by Gasteiger charge is -2.47. The van der Waals surface area contributed by atoms with E-state index >= 15 is 0 Å². The van der Waals surface area contributed by atoms with Crippen LogP contribution >= 0.6 is 0 Å². The molecule has 1 aliphatic carbocycles. The summed E-state index contributed by atoms with van der Waals surface area (Å²) in [5, 5.41) is 3.20. The van der Waals surface area contributed by atoms with Crippen LogP contribution in [0.3, 0.4) is 0 Å². The Labute approximate surface area is 245 Å². The Morgan fingerprint density at radius 2 is 1.66 bits per heavy atom. The zero-order valence-electron chi connectivity index (χ0n) is 24.7. The molecule has 2 heterocycles. The van der Waals surface area contributed by atoms with Crippen LogP contribution in [-0.4, -0.2) is 81.1 Å². The number of nitrogens with zero attached hydrogens (tertiary/aromatic N) is 2. The van der Waals surface area contributed by atoms with Crippen molar-refractivity contribution in [2.45, 2.75) is 87.8 Å². The minimum absolute atomic E-state index is 0.0447. The van der Waals surface area contributed by atoms with Crippen molar-refractivity contribution in [3.63, 3.8) is 0 Å². The number of sulfonamides is 1. The number of ether oxygens (including phenoxy) is 2. The maximum atomic E-state index is 13.4. The number of hydrogen-bond acceptors (Lipinski definition) is 6. The summed E-state index contributed by atoms with van der Waals surface area (Å²) in [7, 11) is -2.09. The van der Waals surface area contributed by atoms with Gasteiger partial charge in [-0.25, -0.2) is 8.42 Å². The molecule has 0 aromatic heterocycles. The Morgan fingerprint density at radius 1 is 1.00 bits per heavy atom. The molecule has 1 amide bonds. The van der Waals surface area contributed by atoms with E-state index in [9.17, 15) is 13.2 Å². The Kier molecular flexibility index (Phi) is 9.38. The van der Waals surface area contributed by atoms with E-state index in [2.05, 4.69) is 40.5 Å². The molecule has 1 unspecified atom stereocenters. The number of likely N-dealkylation sites (tertiary alicyclic amines) is 1. The number of aryl methyl sites for hydroxylation is 2. The molecule has 5 rings (SSSR count). The summed E-state index contributed by atoms with van der Waals surface area (Å²) >= 11 is 0. The Balaban J connectivity index is 1.11. The standard InChI is InChI=1S/C32H45N3O5S/c1-24-19-29(39-3)20-25(2)31(24)41(37,38)35-18-13-28(22-35)40-23-30(36)33-27-11-14-32(15-12-27,34-16-7-8-17-34)21-26-9-5-4-6-10-26/h4-6,9-10,19-20,27-28H,7-8,11-18,21-23H2,1-3H3,(H,33,36). The predicted molar refractivity (Wildman–Crippen MR) is 160 cm³/mol. The summed E-state index contributed by atoms with van der Waals surface area (Å²) in [4.78, 5) is 15.9. The molecule has 9 heteroatoms. The van der Waals surface area contributed by atoms with E-state index in [-0.39, 0.29) is 36.7 Å². The normalized spacial score (nSPS) is 25.8. The van der Waals surface area contributed by atoms with Gasteiger partial charge in [0.15, 0.2) is 0 Å². The molecule has 1 N–H and O–H groups in total. The fourth-order valence-electron chi connectivity index (χ4n) is 7.15. The fraction of sp³-hybridized carbons (Fsp3) is 0.594. The topological polar surface area (TPSA) is 88.2 Å². The van der Waals surface area contributed by atoms with E-state index < -0.39 is 10.0 Å². The minimum atomic E-state index is -3.67. The average Bonchev–Trinajstić information content (AvgIpc) is 3.67. The zero-order chi connectivity index (χ0) is 29.0. The number of amides is 1. The van der Waals surface area contributed by atoms with Gasteiger partial charge in [-0.3, -0.25) is 9.69 Å². The molecule has 41 heavy (non-hydrogen) atoms. The third-order valence-corrected chi connectivity index (χ3v) is 11.4. The summed E-state index contributed by atoms with van der Waals surface area (Å²) in [6, 6.07) is 14.4. The van der Waals surface area contributed by atoms with Gasteiger partial charge in [0, 0.05) is 24.7 Å². The molecule has 0 spiro atoms. The van der Waals surface area contributed by atoms with Crippen LogP contribution in [0.5, 0.6) is 5.75 Å². The van der Waals surface area contributed by atoms with Crippen molar-refractivity contribution in [1.29, 1.82) is 0 Å². The smallest absolute Gasteiger partial charge is 0.246 e. The SMILES string of the molecule is COc1cc(C)c(S(=O)(=O)N2CCC(OCC(=O)NC3CCC(Cc4ccccc4)(N4CCCC4)CC3)C2)c(C)c1. The van der Waals surface area contributed by atoms with Crippen LogP contribution in [0.25, 0.3) is 0 Å². The van der Waals surface area contributed by atoms with Gasteiger partial charge in [0.1, 0.15) is 12.4 Å². The van der Waals surface area contributed by atoms with Gasteiger partial charge in [0.2, 0.25) is 15.9 Å². The van der Waals surface area contributed by atoms with Crippen molar-refractivity contribution >= 4 is 15.9 Å². The largest absolute Gasteiger partial charge is 0.497 e. The van der Waals surface area contributed by atoms with E-state index in [0.29, 0.717) is 34.7 Å². The quantitative estimate of drug-likeness (QED) is 0.451. The summed E-state index contributed by atoms with van der Waals surface area (Å²) in [6.07, 6.45) is 7.96. The molecule has 3 fully saturated rings. The van der Waals surface area contributed by atoms with Crippen LogP contribution in [0, 0.1) is 13.8 Å². The Bertz CT molecular complexity index is 1280. The number of carbonyl (C=O) groups excluding carboxylic acids is 1. The fourth-order valence-corrected chi connectivity index (χ4v) is 9.05. The van der Waals surface area contributed by atoms with Gasteiger partial charge in [-0.2, -0.15) is 4.31 Å². The second kappa shape index (κ2) is 12.8. The number of hydrogen-bond donors (Lipinski definition) is 1. The van der Waals surface area contributed by atoms with Crippen molar-refractivity contribution in [3.8, 4) is 5.75 Å². The molecule has 1 saturated carbocycles. The Morgan fingerprint density at radius 3 is 2.29 bits per heavy atom. The molecular formula is C32H45N3O5S. The van der Waals surface area contributed by atoms with Crippen LogP contribution in [0.15, 0.2) is 47.4 Å². The van der Waals surface area contributed by atoms with Gasteiger partial charge < -0.3 is 14.8 Å². The van der Waals surface area contributed by atoms with E-state index in [1.54, 1.807) is 33.1 Å². The second-order valence-electron chi connectivity index (χ2n) is 12.1. The van der Waals surface area contributed by atoms with Gasteiger partial charge in [-0.1, -0.05) is 30.3 Å². The van der Waals surface area contributed by atoms with Crippen LogP contribution in [0.4, 0.5) is 0 Å². The number of benzene rings is 2. The lowest BCUT2D eigenvalue weighted by Crippen LogP contribution is -2.54. The summed E-state index contributed by atoms with van der Waals surface area (Å²) in [5.41, 5.74) is 2.89. The molecule has 2 aromatic rings. The third kappa shape index (κ3) is 6.79. The van der Waals surface area contributed by atoms with Crippen molar-refractivity contribution < 1.29 is 22.7 Å². The van der Waals surface area contributed by atoms with E-state index in [1.807, 2.05) is 0 Å². The molecular weight excluding hydrogens is 538 g/mol. The summed E-state index contributed by atoms with van der Waals surface area (Å²) < 4.78 is 39.5. The lowest BCUT2D eigenvalue weighted by atomic mass is 9.74. The monoisotopic (exact) mass is 583 g/mol. The number of methoxy groups -OCH3 is 1. The van der Waals surface area contributed by atoms with Crippen molar-refractivity contribution in [1.82, 2.24) is 14.5 Å². The second-order valence-corrected chi connectivity index (χ2v) is 14.0. The van der Waals surface area contributed by atoms with Gasteiger partial charge in [0.25, 0.3) is 0 Å². The Hall–Kier alpha value is -2.46. The molecule has 3 aliphatic rings. The van der Waals surface area contributed by atoms with Crippen molar-refractivity contribution in [3.05, 3.63) is 59.2 Å². The lowest BCUT2D eigenvalue weighted by molar-refractivity contribution is -0.128. The van der Waals surface area contributed by atoms with Gasteiger partial charge in [0.05, 0.1) is 18.1 Å². The molecule has 0 radical (unpaired) electrons. The highest BCUT2D eigenvalue weighted by atomic mass is 32.2. The molecule has 2 aliphatic heterocycles. The van der Waals surface area contributed by atoms with Crippen LogP contribution in [-0.2, 0) is 26.0 Å². The average molecular weight is 584 g/mol. The molecule has 1 atom stereocenters. The molecule has 0 bridgehead atoms. The molecule has 224 valence electrons. The van der Waals surface area contributed by atoms with Crippen LogP contribution < -0.4 is 10.1 Å². The highest BCUT2D eigenvalue weighted by Crippen LogP contribution is 2.39. The van der Waals surface area contributed by atoms with Gasteiger partial charge >= 0.3 is 0 Å². The van der Waals surface area contributed by atoms with E-state index in [1.165, 1.54) is 35.8 Å². The highest BCUT2D eigenvalue weighted by Gasteiger charge is 2.41. The number of carbonyl (C=O) groups is 1. The van der Waals surface area contributed by atoms with Gasteiger partial charge in [-0.15, -0.1) is 0 Å². The van der Waals surface area contributed by atoms with Crippen LogP contribution in [0.1, 0.15) is 61.6 Å². The van der Waals surface area contributed by atoms with Gasteiger partial charge in [-0.05, 0) is 107 Å². The summed E-state index contributed by atoms with van der Waals surface area (Å²) in [5.74, 6) is 0.526. The maximum Gasteiger partial charge on any atom is 0.246 e. The minimum Gasteiger partial charge on any atom is -0.497 e. The van der Waals surface area contributed by atoms with Crippen molar-refractivity contribution in [2.75, 3.05) is 39.9 Å². The third-order valence-electron chi connectivity index (χ3n) is 9.26. The van der Waals surface area contributed by atoms with Crippen LogP contribution in [0.2, 0.25) is 0 Å². The highest BCUT2D eigenvalue weighted by molar-refractivity contribution is 7.89. The first-order valence-electron chi connectivity index (χ1n) is 15.1. The first-order chi connectivity index (χ1) is 19.7. The number of rotatable bonds is 10. The first kappa shape index (κ1) is 30.0. The molecule has 8 nitrogen and oxygen atoms in total. The maximum absolute atomic E-state index is 13.4. The zero-order valence-corrected chi connectivity index (χ0v) is 25.5.